The van der Waals surface area contributed by atoms with Gasteiger partial charge in [0.05, 0.1) is 10.5 Å². The van der Waals surface area contributed by atoms with Crippen molar-refractivity contribution in [2.45, 2.75) is 51.5 Å². The Morgan fingerprint density at radius 2 is 1.48 bits per heavy atom. The monoisotopic (exact) mass is 402 g/mol. The van der Waals surface area contributed by atoms with Crippen molar-refractivity contribution < 1.29 is 28.2 Å². The van der Waals surface area contributed by atoms with E-state index < -0.39 is 28.0 Å². The molecular weight excluding hydrogens is 372 g/mol. The maximum Gasteiger partial charge on any atom is 0.335 e. The van der Waals surface area contributed by atoms with Gasteiger partial charge in [-0.1, -0.05) is 27.7 Å². The molecule has 0 saturated carbocycles. The van der Waals surface area contributed by atoms with Gasteiger partial charge in [0, 0.05) is 13.1 Å². The zero-order chi connectivity index (χ0) is 21.2. The highest BCUT2D eigenvalue weighted by Gasteiger charge is 2.23. The number of carboxylic acids is 2. The third kappa shape index (κ3) is 8.06. The van der Waals surface area contributed by atoms with Gasteiger partial charge < -0.3 is 15.9 Å². The summed E-state index contributed by atoms with van der Waals surface area (Å²) in [6.45, 7) is 8.34. The van der Waals surface area contributed by atoms with Crippen LogP contribution < -0.4 is 5.73 Å². The van der Waals surface area contributed by atoms with Crippen molar-refractivity contribution in [3.63, 3.8) is 0 Å². The molecule has 0 bridgehead atoms. The van der Waals surface area contributed by atoms with E-state index in [1.54, 1.807) is 13.8 Å². The summed E-state index contributed by atoms with van der Waals surface area (Å²) in [5.74, 6) is -1.98. The predicted octanol–water partition coefficient (Wildman–Crippen LogP) is 2.25. The number of carbonyl (C=O) groups is 2. The smallest absolute Gasteiger partial charge is 0.335 e. The molecule has 0 radical (unpaired) electrons. The molecule has 0 heterocycles. The van der Waals surface area contributed by atoms with Gasteiger partial charge in [0.2, 0.25) is 10.0 Å². The number of hydrogen-bond acceptors (Lipinski definition) is 5. The van der Waals surface area contributed by atoms with Crippen molar-refractivity contribution >= 4 is 22.0 Å². The molecular formula is C18H30N2O6S. The molecule has 4 N–H and O–H groups in total. The van der Waals surface area contributed by atoms with Crippen LogP contribution in [0.5, 0.6) is 0 Å². The van der Waals surface area contributed by atoms with E-state index in [9.17, 15) is 18.0 Å². The molecule has 1 aromatic carbocycles. The average Bonchev–Trinajstić information content (AvgIpc) is 2.61. The Morgan fingerprint density at radius 3 is 1.74 bits per heavy atom. The number of nitrogens with two attached hydrogens (primary N) is 1. The zero-order valence-electron chi connectivity index (χ0n) is 16.3. The summed E-state index contributed by atoms with van der Waals surface area (Å²) >= 11 is 0. The first kappa shape index (κ1) is 25.0. The number of benzene rings is 1. The van der Waals surface area contributed by atoms with E-state index in [1.807, 2.05) is 13.8 Å². The molecule has 1 atom stereocenters. The molecule has 27 heavy (non-hydrogen) atoms. The molecule has 0 aliphatic carbocycles. The van der Waals surface area contributed by atoms with Gasteiger partial charge in [-0.25, -0.2) is 13.2 Å². The highest BCUT2D eigenvalue weighted by Crippen LogP contribution is 2.17. The zero-order valence-corrected chi connectivity index (χ0v) is 17.1. The number of hydrogen-bond donors (Lipinski definition) is 3. The molecule has 0 aromatic heterocycles. The number of carboxylic acid groups (broad SMARTS) is 2. The van der Waals surface area contributed by atoms with Gasteiger partial charge in [-0.2, -0.15) is 4.31 Å². The largest absolute Gasteiger partial charge is 0.480 e. The van der Waals surface area contributed by atoms with E-state index in [-0.39, 0.29) is 16.4 Å². The number of aromatic carboxylic acids is 1. The minimum atomic E-state index is -3.53. The Morgan fingerprint density at radius 1 is 1.04 bits per heavy atom. The van der Waals surface area contributed by atoms with Crippen LogP contribution in [0.1, 0.15) is 50.9 Å². The summed E-state index contributed by atoms with van der Waals surface area (Å²) in [5.41, 5.74) is 5.24. The fourth-order valence-electron chi connectivity index (χ4n) is 2.05. The summed E-state index contributed by atoms with van der Waals surface area (Å²) in [6.07, 6.45) is 1.48. The third-order valence-electron chi connectivity index (χ3n) is 3.69. The Kier molecular flexibility index (Phi) is 10.8. The van der Waals surface area contributed by atoms with Crippen LogP contribution in [-0.4, -0.2) is 54.0 Å². The van der Waals surface area contributed by atoms with Gasteiger partial charge in [-0.05, 0) is 43.0 Å². The van der Waals surface area contributed by atoms with Crippen LogP contribution in [-0.2, 0) is 14.8 Å². The molecule has 1 rings (SSSR count). The SMILES string of the molecule is CC(C)[C@H](N)C(=O)O.CCCN(CCC)S(=O)(=O)c1ccc(C(=O)O)cc1. The second-order valence-electron chi connectivity index (χ2n) is 6.34. The Labute approximate surface area is 161 Å². The first-order valence-electron chi connectivity index (χ1n) is 8.80. The van der Waals surface area contributed by atoms with E-state index in [4.69, 9.17) is 15.9 Å². The molecule has 154 valence electrons. The van der Waals surface area contributed by atoms with Gasteiger partial charge in [0.1, 0.15) is 6.04 Å². The van der Waals surface area contributed by atoms with Gasteiger partial charge >= 0.3 is 11.9 Å². The van der Waals surface area contributed by atoms with Crippen LogP contribution in [0.3, 0.4) is 0 Å². The molecule has 9 heteroatoms. The first-order chi connectivity index (χ1) is 12.5. The van der Waals surface area contributed by atoms with Crippen molar-refractivity contribution in [2.24, 2.45) is 11.7 Å². The number of sulfonamides is 1. The van der Waals surface area contributed by atoms with Gasteiger partial charge in [0.25, 0.3) is 0 Å². The van der Waals surface area contributed by atoms with Crippen LogP contribution in [0.25, 0.3) is 0 Å². The van der Waals surface area contributed by atoms with E-state index >= 15 is 0 Å². The van der Waals surface area contributed by atoms with Crippen LogP contribution in [0.15, 0.2) is 29.2 Å². The highest BCUT2D eigenvalue weighted by molar-refractivity contribution is 7.89. The Bertz CT molecular complexity index is 695. The highest BCUT2D eigenvalue weighted by atomic mass is 32.2. The third-order valence-corrected chi connectivity index (χ3v) is 5.60. The standard InChI is InChI=1S/C13H19NO4S.C5H11NO2/c1-3-9-14(10-4-2)19(17,18)12-7-5-11(6-8-12)13(15)16;1-3(2)4(6)5(7)8/h5-8H,3-4,9-10H2,1-2H3,(H,15,16);3-4H,6H2,1-2H3,(H,7,8)/t;4-/m.0/s1. The molecule has 0 spiro atoms. The quantitative estimate of drug-likeness (QED) is 0.576. The van der Waals surface area contributed by atoms with Gasteiger partial charge in [-0.15, -0.1) is 0 Å². The summed E-state index contributed by atoms with van der Waals surface area (Å²) in [6, 6.07) is 4.60. The van der Waals surface area contributed by atoms with Crippen LogP contribution >= 0.6 is 0 Å². The predicted molar refractivity (Wildman–Crippen MR) is 103 cm³/mol. The maximum absolute atomic E-state index is 12.4. The molecule has 0 unspecified atom stereocenters. The van der Waals surface area contributed by atoms with Crippen LogP contribution in [0.4, 0.5) is 0 Å². The van der Waals surface area contributed by atoms with Crippen molar-refractivity contribution in [1.82, 2.24) is 4.31 Å². The minimum Gasteiger partial charge on any atom is -0.480 e. The normalized spacial score (nSPS) is 12.4. The van der Waals surface area contributed by atoms with E-state index in [2.05, 4.69) is 0 Å². The van der Waals surface area contributed by atoms with Gasteiger partial charge in [-0.3, -0.25) is 4.79 Å². The lowest BCUT2D eigenvalue weighted by Gasteiger charge is -2.20. The lowest BCUT2D eigenvalue weighted by Crippen LogP contribution is -2.34. The summed E-state index contributed by atoms with van der Waals surface area (Å²) in [7, 11) is -3.53. The fraction of sp³-hybridized carbons (Fsp3) is 0.556. The van der Waals surface area contributed by atoms with Crippen molar-refractivity contribution in [1.29, 1.82) is 0 Å². The Hall–Kier alpha value is -1.97. The molecule has 1 aromatic rings. The van der Waals surface area contributed by atoms with E-state index in [0.717, 1.165) is 12.8 Å². The van der Waals surface area contributed by atoms with Crippen LogP contribution in [0, 0.1) is 5.92 Å². The Balaban J connectivity index is 0.000000713. The topological polar surface area (TPSA) is 138 Å². The average molecular weight is 403 g/mol. The second-order valence-corrected chi connectivity index (χ2v) is 8.28. The number of aliphatic carboxylic acids is 1. The lowest BCUT2D eigenvalue weighted by molar-refractivity contribution is -0.139. The molecule has 8 nitrogen and oxygen atoms in total. The molecule has 0 fully saturated rings. The molecule has 0 saturated heterocycles. The summed E-state index contributed by atoms with van der Waals surface area (Å²) in [5, 5.41) is 17.0. The maximum atomic E-state index is 12.4. The van der Waals surface area contributed by atoms with Crippen LogP contribution in [0.2, 0.25) is 0 Å². The number of nitrogens with zero attached hydrogens (tertiary/aromatic N) is 1. The first-order valence-corrected chi connectivity index (χ1v) is 10.2. The summed E-state index contributed by atoms with van der Waals surface area (Å²) < 4.78 is 26.2. The second kappa shape index (κ2) is 11.7. The van der Waals surface area contributed by atoms with E-state index in [1.165, 1.54) is 28.6 Å². The van der Waals surface area contributed by atoms with Crippen molar-refractivity contribution in [3.05, 3.63) is 29.8 Å². The molecule has 0 amide bonds. The molecule has 0 aliphatic heterocycles. The van der Waals surface area contributed by atoms with Crippen molar-refractivity contribution in [3.8, 4) is 0 Å². The fourth-order valence-corrected chi connectivity index (χ4v) is 3.68. The number of rotatable bonds is 9. The minimum absolute atomic E-state index is 0.0208. The van der Waals surface area contributed by atoms with Crippen molar-refractivity contribution in [2.75, 3.05) is 13.1 Å². The van der Waals surface area contributed by atoms with E-state index in [0.29, 0.717) is 13.1 Å². The molecule has 0 aliphatic rings. The lowest BCUT2D eigenvalue weighted by atomic mass is 10.1. The summed E-state index contributed by atoms with van der Waals surface area (Å²) in [4.78, 5) is 20.9. The van der Waals surface area contributed by atoms with Gasteiger partial charge in [0.15, 0.2) is 0 Å².